The first kappa shape index (κ1) is 54.0. The Balaban J connectivity index is 0.000000172. The fourth-order valence-electron chi connectivity index (χ4n) is 10.3. The number of para-hydroxylation sites is 2. The summed E-state index contributed by atoms with van der Waals surface area (Å²) in [6.45, 7) is 16.7. The zero-order valence-corrected chi connectivity index (χ0v) is 46.4. The maximum Gasteiger partial charge on any atom is 0.410 e. The van der Waals surface area contributed by atoms with E-state index in [2.05, 4.69) is 78.5 Å². The Bertz CT molecular complexity index is 3790. The number of amides is 3. The van der Waals surface area contributed by atoms with E-state index in [1.165, 1.54) is 0 Å². The third kappa shape index (κ3) is 11.3. The second-order valence-electron chi connectivity index (χ2n) is 22.1. The average molecular weight is 1100 g/mol. The van der Waals surface area contributed by atoms with Crippen LogP contribution in [0.2, 0.25) is 0 Å². The monoisotopic (exact) mass is 1100 g/mol. The predicted molar refractivity (Wildman–Crippen MR) is 314 cm³/mol. The highest BCUT2D eigenvalue weighted by atomic mass is 16.6. The van der Waals surface area contributed by atoms with Crippen molar-refractivity contribution in [3.63, 3.8) is 0 Å². The van der Waals surface area contributed by atoms with Crippen LogP contribution < -0.4 is 15.5 Å². The molecule has 12 rings (SSSR count). The minimum atomic E-state index is -1.02. The highest BCUT2D eigenvalue weighted by Crippen LogP contribution is 2.35. The zero-order chi connectivity index (χ0) is 57.5. The van der Waals surface area contributed by atoms with Crippen LogP contribution in [0.25, 0.3) is 77.6 Å². The summed E-state index contributed by atoms with van der Waals surface area (Å²) in [5.74, 6) is -1.53. The van der Waals surface area contributed by atoms with Crippen molar-refractivity contribution in [1.29, 1.82) is 0 Å². The number of carbonyl (C=O) groups excluding carboxylic acids is 3. The number of nitrogens with zero attached hydrogens (tertiary/aromatic N) is 12. The molecular weight excluding hydrogens is 1040 g/mol. The molecule has 20 heteroatoms. The van der Waals surface area contributed by atoms with Crippen LogP contribution in [0.5, 0.6) is 0 Å². The number of fused-ring (bicyclic) bond motifs is 4. The predicted octanol–water partition coefficient (Wildman–Crippen LogP) is 10.1. The first-order valence-corrected chi connectivity index (χ1v) is 27.0. The molecule has 0 unspecified atom stereocenters. The van der Waals surface area contributed by atoms with Gasteiger partial charge in [0.15, 0.2) is 11.3 Å². The lowest BCUT2D eigenvalue weighted by Gasteiger charge is -2.36. The van der Waals surface area contributed by atoms with Gasteiger partial charge in [-0.15, -0.1) is 0 Å². The lowest BCUT2D eigenvalue weighted by atomic mass is 10.0. The van der Waals surface area contributed by atoms with E-state index in [1.54, 1.807) is 67.9 Å². The van der Waals surface area contributed by atoms with Crippen molar-refractivity contribution in [3.05, 3.63) is 158 Å². The topological polar surface area (TPSA) is 232 Å². The van der Waals surface area contributed by atoms with Gasteiger partial charge >= 0.3 is 18.2 Å². The molecule has 0 saturated carbocycles. The fraction of sp³-hybridized carbons (Fsp3) is 0.258. The van der Waals surface area contributed by atoms with Crippen LogP contribution >= 0.6 is 0 Å². The van der Waals surface area contributed by atoms with Crippen LogP contribution in [-0.4, -0.2) is 142 Å². The molecule has 0 radical (unpaired) electrons. The highest BCUT2D eigenvalue weighted by Gasteiger charge is 2.28. The molecule has 0 spiro atoms. The van der Waals surface area contributed by atoms with Gasteiger partial charge in [-0.05, 0) is 112 Å². The number of hydrogen-bond acceptors (Lipinski definition) is 14. The molecule has 82 heavy (non-hydrogen) atoms. The fourth-order valence-corrected chi connectivity index (χ4v) is 10.3. The lowest BCUT2D eigenvalue weighted by molar-refractivity contribution is 0.0230. The van der Waals surface area contributed by atoms with Gasteiger partial charge in [0.1, 0.15) is 11.2 Å². The second kappa shape index (κ2) is 21.9. The van der Waals surface area contributed by atoms with Gasteiger partial charge in [0.25, 0.3) is 5.91 Å². The highest BCUT2D eigenvalue weighted by molar-refractivity contribution is 6.09. The van der Waals surface area contributed by atoms with Crippen LogP contribution in [0.3, 0.4) is 0 Å². The number of piperazine rings is 2. The molecule has 2 fully saturated rings. The van der Waals surface area contributed by atoms with Crippen LogP contribution in [-0.2, 0) is 9.47 Å². The summed E-state index contributed by atoms with van der Waals surface area (Å²) in [6, 6.07) is 30.9. The number of carbonyl (C=O) groups is 4. The van der Waals surface area contributed by atoms with E-state index in [0.717, 1.165) is 92.8 Å². The maximum absolute atomic E-state index is 12.4. The first-order chi connectivity index (χ1) is 39.4. The van der Waals surface area contributed by atoms with Crippen LogP contribution in [0.4, 0.5) is 21.0 Å². The smallest absolute Gasteiger partial charge is 0.410 e. The van der Waals surface area contributed by atoms with Gasteiger partial charge in [0.2, 0.25) is 0 Å². The molecule has 0 atom stereocenters. The lowest BCUT2D eigenvalue weighted by Crippen LogP contribution is -2.50. The van der Waals surface area contributed by atoms with Crippen LogP contribution in [0.15, 0.2) is 147 Å². The number of carboxylic acids is 1. The molecule has 0 aliphatic carbocycles. The number of pyridine rings is 2. The summed E-state index contributed by atoms with van der Waals surface area (Å²) >= 11 is 0. The third-order valence-corrected chi connectivity index (χ3v) is 14.3. The maximum atomic E-state index is 12.4. The van der Waals surface area contributed by atoms with Crippen molar-refractivity contribution in [2.75, 3.05) is 62.2 Å². The summed E-state index contributed by atoms with van der Waals surface area (Å²) in [5, 5.41) is 20.2. The van der Waals surface area contributed by atoms with Crippen molar-refractivity contribution >= 4 is 68.5 Å². The van der Waals surface area contributed by atoms with E-state index in [1.807, 2.05) is 90.6 Å². The summed E-state index contributed by atoms with van der Waals surface area (Å²) in [6.07, 6.45) is 13.8. The number of primary amides is 1. The van der Waals surface area contributed by atoms with E-state index in [0.29, 0.717) is 54.1 Å². The normalized spacial score (nSPS) is 14.0. The van der Waals surface area contributed by atoms with Crippen molar-refractivity contribution in [2.45, 2.75) is 52.7 Å². The van der Waals surface area contributed by atoms with E-state index in [4.69, 9.17) is 25.2 Å². The minimum absolute atomic E-state index is 0.157. The molecule has 2 aliphatic heterocycles. The Hall–Kier alpha value is -9.98. The largest absolute Gasteiger partial charge is 0.478 e. The van der Waals surface area contributed by atoms with Gasteiger partial charge in [-0.2, -0.15) is 10.2 Å². The van der Waals surface area contributed by atoms with Crippen molar-refractivity contribution < 1.29 is 33.8 Å². The van der Waals surface area contributed by atoms with Crippen LogP contribution in [0, 0.1) is 0 Å². The molecule has 3 amide bonds. The molecule has 8 heterocycles. The number of ether oxygens (including phenoxy) is 2. The molecule has 2 aliphatic rings. The van der Waals surface area contributed by atoms with Gasteiger partial charge in [-0.25, -0.2) is 33.4 Å². The Morgan fingerprint density at radius 3 is 1.27 bits per heavy atom. The Labute approximate surface area is 472 Å². The molecule has 6 aromatic heterocycles. The Morgan fingerprint density at radius 1 is 0.476 bits per heavy atom. The van der Waals surface area contributed by atoms with E-state index >= 15 is 0 Å². The molecule has 416 valence electrons. The average Bonchev–Trinajstić information content (AvgIpc) is 4.24. The van der Waals surface area contributed by atoms with Gasteiger partial charge in [-0.3, -0.25) is 14.8 Å². The quantitative estimate of drug-likeness (QED) is 0.144. The summed E-state index contributed by atoms with van der Waals surface area (Å²) in [5.41, 5.74) is 16.9. The number of nitrogens with two attached hydrogens (primary N) is 1. The Morgan fingerprint density at radius 2 is 0.878 bits per heavy atom. The molecule has 3 N–H and O–H groups in total. The number of hydrogen-bond donors (Lipinski definition) is 2. The summed E-state index contributed by atoms with van der Waals surface area (Å²) in [7, 11) is 0. The van der Waals surface area contributed by atoms with E-state index in [-0.39, 0.29) is 17.7 Å². The zero-order valence-electron chi connectivity index (χ0n) is 46.4. The summed E-state index contributed by atoms with van der Waals surface area (Å²) in [4.78, 5) is 74.6. The Kier molecular flexibility index (Phi) is 14.4. The number of aromatic nitrogens is 8. The van der Waals surface area contributed by atoms with E-state index in [9.17, 15) is 24.3 Å². The number of benzene rings is 4. The first-order valence-electron chi connectivity index (χ1n) is 27.0. The molecular formula is C62H61N13O7. The molecule has 2 saturated heterocycles. The number of carboxylic acid groups (broad SMARTS) is 1. The van der Waals surface area contributed by atoms with Gasteiger partial charge in [-0.1, -0.05) is 48.5 Å². The third-order valence-electron chi connectivity index (χ3n) is 14.3. The standard InChI is InChI=1S/C31H31N7O3.C31H30N6O4/c1-31(2,3)41-30(40)37-15-13-36(14-16-37)22-9-7-20(8-10-22)21-17-34-29-26(18-35-38(29)19-21)23-11-12-33-27-24(23)5-4-6-25(27)28(32)39;1-31(2,3)41-30(40)36-15-13-35(14-16-36)22-9-7-20(8-10-22)21-17-33-28-26(18-34-37(28)19-21)23-11-12-32-27-24(23)5-4-6-25(27)29(38)39/h4-12,17-19H,13-16H2,1-3H3,(H2,32,39);4-12,17-19H,13-16H2,1-3H3,(H,38,39). The molecule has 10 aromatic rings. The van der Waals surface area contributed by atoms with E-state index < -0.39 is 23.1 Å². The minimum Gasteiger partial charge on any atom is -0.478 e. The SMILES string of the molecule is CC(C)(C)OC(=O)N1CCN(c2ccc(-c3cnc4c(-c5ccnc6c(C(=O)O)cccc56)cnn4c3)cc2)CC1.CC(C)(C)OC(=O)N1CCN(c2ccc(-c3cnc4c(-c5ccnc6c(C(N)=O)cccc56)cnn4c3)cc2)CC1. The molecule has 20 nitrogen and oxygen atoms in total. The molecule has 4 aromatic carbocycles. The van der Waals surface area contributed by atoms with Crippen molar-refractivity contribution in [2.24, 2.45) is 5.73 Å². The number of aromatic carboxylic acids is 1. The van der Waals surface area contributed by atoms with Crippen molar-refractivity contribution in [3.8, 4) is 44.5 Å². The number of anilines is 2. The van der Waals surface area contributed by atoms with Crippen LogP contribution in [0.1, 0.15) is 62.3 Å². The second-order valence-corrected chi connectivity index (χ2v) is 22.1. The molecule has 0 bridgehead atoms. The summed E-state index contributed by atoms with van der Waals surface area (Å²) < 4.78 is 14.5. The van der Waals surface area contributed by atoms with Gasteiger partial charge < -0.3 is 39.9 Å². The van der Waals surface area contributed by atoms with Gasteiger partial charge in [0, 0.05) is 134 Å². The van der Waals surface area contributed by atoms with Gasteiger partial charge in [0.05, 0.1) is 34.6 Å². The van der Waals surface area contributed by atoms with Crippen molar-refractivity contribution in [1.82, 2.24) is 49.0 Å². The number of rotatable bonds is 8.